The number of nitrogens with one attached hydrogen (secondary N) is 1. The standard InChI is InChI=1S/C13H13FN2/c14-12-3-1-2-10(6-12)11-7-13-8-15-4-5-16(13)9-11/h1-3,6-7,9,15H,4-5,8H2. The van der Waals surface area contributed by atoms with Gasteiger partial charge in [0.05, 0.1) is 0 Å². The van der Waals surface area contributed by atoms with Crippen molar-refractivity contribution in [2.45, 2.75) is 13.1 Å². The lowest BCUT2D eigenvalue weighted by molar-refractivity contribution is 0.517. The van der Waals surface area contributed by atoms with E-state index in [9.17, 15) is 4.39 Å². The highest BCUT2D eigenvalue weighted by Gasteiger charge is 2.10. The number of benzene rings is 1. The molecule has 2 aromatic rings. The molecule has 82 valence electrons. The fourth-order valence-corrected chi connectivity index (χ4v) is 2.15. The first kappa shape index (κ1) is 9.60. The van der Waals surface area contributed by atoms with Gasteiger partial charge >= 0.3 is 0 Å². The van der Waals surface area contributed by atoms with Crippen LogP contribution < -0.4 is 5.32 Å². The fourth-order valence-electron chi connectivity index (χ4n) is 2.15. The van der Waals surface area contributed by atoms with E-state index in [0.29, 0.717) is 0 Å². The van der Waals surface area contributed by atoms with Gasteiger partial charge in [-0.25, -0.2) is 4.39 Å². The van der Waals surface area contributed by atoms with Gasteiger partial charge in [0.1, 0.15) is 5.82 Å². The van der Waals surface area contributed by atoms with Crippen LogP contribution in [0.1, 0.15) is 5.69 Å². The SMILES string of the molecule is Fc1cccc(-c2cc3n(c2)CCNC3)c1. The van der Waals surface area contributed by atoms with E-state index in [-0.39, 0.29) is 5.82 Å². The Kier molecular flexibility index (Phi) is 2.26. The Morgan fingerprint density at radius 2 is 2.12 bits per heavy atom. The molecule has 0 bridgehead atoms. The predicted octanol–water partition coefficient (Wildman–Crippen LogP) is 2.40. The number of fused-ring (bicyclic) bond motifs is 1. The Labute approximate surface area is 93.7 Å². The molecule has 2 heterocycles. The summed E-state index contributed by atoms with van der Waals surface area (Å²) in [7, 11) is 0. The van der Waals surface area contributed by atoms with Crippen LogP contribution in [-0.2, 0) is 13.1 Å². The van der Waals surface area contributed by atoms with Crippen LogP contribution in [0.2, 0.25) is 0 Å². The van der Waals surface area contributed by atoms with Crippen LogP contribution >= 0.6 is 0 Å². The second-order valence-electron chi connectivity index (χ2n) is 4.10. The fraction of sp³-hybridized carbons (Fsp3) is 0.231. The van der Waals surface area contributed by atoms with Gasteiger partial charge in [0.15, 0.2) is 0 Å². The molecular formula is C13H13FN2. The summed E-state index contributed by atoms with van der Waals surface area (Å²) >= 11 is 0. The van der Waals surface area contributed by atoms with Gasteiger partial charge in [0.2, 0.25) is 0 Å². The zero-order valence-electron chi connectivity index (χ0n) is 8.91. The van der Waals surface area contributed by atoms with Crippen molar-refractivity contribution >= 4 is 0 Å². The van der Waals surface area contributed by atoms with E-state index in [2.05, 4.69) is 22.1 Å². The first-order valence-corrected chi connectivity index (χ1v) is 5.49. The van der Waals surface area contributed by atoms with Gasteiger partial charge in [0.25, 0.3) is 0 Å². The normalized spacial score (nSPS) is 14.8. The molecule has 0 saturated heterocycles. The third-order valence-electron chi connectivity index (χ3n) is 2.98. The molecule has 0 atom stereocenters. The largest absolute Gasteiger partial charge is 0.348 e. The van der Waals surface area contributed by atoms with Gasteiger partial charge < -0.3 is 9.88 Å². The van der Waals surface area contributed by atoms with Gasteiger partial charge in [-0.3, -0.25) is 0 Å². The van der Waals surface area contributed by atoms with Gasteiger partial charge in [-0.05, 0) is 29.3 Å². The van der Waals surface area contributed by atoms with Gasteiger partial charge in [-0.15, -0.1) is 0 Å². The monoisotopic (exact) mass is 216 g/mol. The summed E-state index contributed by atoms with van der Waals surface area (Å²) in [6.45, 7) is 2.89. The van der Waals surface area contributed by atoms with Crippen LogP contribution in [0.15, 0.2) is 36.5 Å². The lowest BCUT2D eigenvalue weighted by atomic mass is 10.1. The number of nitrogens with zero attached hydrogens (tertiary/aromatic N) is 1. The molecule has 1 aromatic carbocycles. The molecule has 0 radical (unpaired) electrons. The van der Waals surface area contributed by atoms with Gasteiger partial charge in [0, 0.05) is 31.5 Å². The Hall–Kier alpha value is -1.61. The number of rotatable bonds is 1. The van der Waals surface area contributed by atoms with E-state index < -0.39 is 0 Å². The van der Waals surface area contributed by atoms with Crippen LogP contribution in [0.5, 0.6) is 0 Å². The summed E-state index contributed by atoms with van der Waals surface area (Å²) in [5.41, 5.74) is 3.31. The van der Waals surface area contributed by atoms with E-state index in [1.807, 2.05) is 6.07 Å². The Balaban J connectivity index is 2.03. The maximum absolute atomic E-state index is 13.1. The molecule has 1 aliphatic heterocycles. The molecule has 3 rings (SSSR count). The first-order valence-electron chi connectivity index (χ1n) is 5.49. The van der Waals surface area contributed by atoms with Crippen LogP contribution in [0.4, 0.5) is 4.39 Å². The highest BCUT2D eigenvalue weighted by Crippen LogP contribution is 2.23. The molecule has 2 nitrogen and oxygen atoms in total. The Morgan fingerprint density at radius 1 is 1.19 bits per heavy atom. The maximum Gasteiger partial charge on any atom is 0.123 e. The van der Waals surface area contributed by atoms with E-state index >= 15 is 0 Å². The quantitative estimate of drug-likeness (QED) is 0.774. The van der Waals surface area contributed by atoms with Crippen LogP contribution in [0.25, 0.3) is 11.1 Å². The molecule has 1 aromatic heterocycles. The van der Waals surface area contributed by atoms with Gasteiger partial charge in [-0.2, -0.15) is 0 Å². The van der Waals surface area contributed by atoms with Crippen molar-refractivity contribution in [1.82, 2.24) is 9.88 Å². The Morgan fingerprint density at radius 3 is 2.94 bits per heavy atom. The number of hydrogen-bond donors (Lipinski definition) is 1. The minimum Gasteiger partial charge on any atom is -0.348 e. The summed E-state index contributed by atoms with van der Waals surface area (Å²) in [6.07, 6.45) is 2.10. The zero-order valence-corrected chi connectivity index (χ0v) is 8.91. The van der Waals surface area contributed by atoms with Crippen LogP contribution in [0.3, 0.4) is 0 Å². The summed E-state index contributed by atoms with van der Waals surface area (Å²) in [5.74, 6) is -0.181. The third-order valence-corrected chi connectivity index (χ3v) is 2.98. The van der Waals surface area contributed by atoms with Crippen molar-refractivity contribution in [3.63, 3.8) is 0 Å². The Bertz CT molecular complexity index is 493. The number of aromatic nitrogens is 1. The molecule has 16 heavy (non-hydrogen) atoms. The zero-order chi connectivity index (χ0) is 11.0. The van der Waals surface area contributed by atoms with Crippen molar-refractivity contribution in [3.8, 4) is 11.1 Å². The van der Waals surface area contributed by atoms with Crippen molar-refractivity contribution < 1.29 is 4.39 Å². The molecule has 0 unspecified atom stereocenters. The molecule has 0 aliphatic carbocycles. The molecule has 0 spiro atoms. The smallest absolute Gasteiger partial charge is 0.123 e. The highest BCUT2D eigenvalue weighted by atomic mass is 19.1. The molecular weight excluding hydrogens is 203 g/mol. The number of hydrogen-bond acceptors (Lipinski definition) is 1. The minimum absolute atomic E-state index is 0.181. The molecule has 1 aliphatic rings. The topological polar surface area (TPSA) is 17.0 Å². The van der Waals surface area contributed by atoms with Crippen LogP contribution in [0, 0.1) is 5.82 Å². The van der Waals surface area contributed by atoms with Crippen molar-refractivity contribution in [1.29, 1.82) is 0 Å². The second-order valence-corrected chi connectivity index (χ2v) is 4.10. The molecule has 3 heteroatoms. The number of halogens is 1. The lowest BCUT2D eigenvalue weighted by Crippen LogP contribution is -2.27. The molecule has 0 saturated carbocycles. The van der Waals surface area contributed by atoms with E-state index in [1.54, 1.807) is 12.1 Å². The van der Waals surface area contributed by atoms with E-state index in [1.165, 1.54) is 11.8 Å². The maximum atomic E-state index is 13.1. The average molecular weight is 216 g/mol. The molecule has 0 fully saturated rings. The van der Waals surface area contributed by atoms with E-state index in [0.717, 1.165) is 30.8 Å². The van der Waals surface area contributed by atoms with Gasteiger partial charge in [-0.1, -0.05) is 12.1 Å². The average Bonchev–Trinajstić information content (AvgIpc) is 2.72. The van der Waals surface area contributed by atoms with Crippen molar-refractivity contribution in [2.75, 3.05) is 6.54 Å². The first-order chi connectivity index (χ1) is 7.83. The summed E-state index contributed by atoms with van der Waals surface area (Å²) in [5, 5.41) is 3.32. The summed E-state index contributed by atoms with van der Waals surface area (Å²) in [4.78, 5) is 0. The molecule has 1 N–H and O–H groups in total. The summed E-state index contributed by atoms with van der Waals surface area (Å²) < 4.78 is 15.4. The van der Waals surface area contributed by atoms with E-state index in [4.69, 9.17) is 0 Å². The molecule has 0 amide bonds. The van der Waals surface area contributed by atoms with Crippen molar-refractivity contribution in [2.24, 2.45) is 0 Å². The lowest BCUT2D eigenvalue weighted by Gasteiger charge is -2.15. The predicted molar refractivity (Wildman–Crippen MR) is 61.5 cm³/mol. The highest BCUT2D eigenvalue weighted by molar-refractivity contribution is 5.63. The second kappa shape index (κ2) is 3.76. The van der Waals surface area contributed by atoms with Crippen molar-refractivity contribution in [3.05, 3.63) is 48.0 Å². The van der Waals surface area contributed by atoms with Crippen LogP contribution in [-0.4, -0.2) is 11.1 Å². The third kappa shape index (κ3) is 1.63. The minimum atomic E-state index is -0.181. The summed E-state index contributed by atoms with van der Waals surface area (Å²) in [6, 6.07) is 8.87.